The monoisotopic (exact) mass is 518 g/mol. The topological polar surface area (TPSA) is 207 Å². The molecule has 172 valence electrons. The van der Waals surface area contributed by atoms with Gasteiger partial charge in [0.05, 0.1) is 18.9 Å². The number of phosphoric ester groups is 1. The van der Waals surface area contributed by atoms with Gasteiger partial charge in [0.1, 0.15) is 0 Å². The zero-order valence-corrected chi connectivity index (χ0v) is 18.2. The van der Waals surface area contributed by atoms with Gasteiger partial charge in [-0.05, 0) is 19.1 Å². The zero-order valence-electron chi connectivity index (χ0n) is 14.7. The molecule has 2 heterocycles. The SMILES string of the molecule is CC1(F)C[C@@H](COP(=O)(O)OP(=O)(O)OP(=O)(O)O)O[C@H]1n1cc(F)c(=O)[nH]c1=S. The van der Waals surface area contributed by atoms with Crippen molar-refractivity contribution in [3.63, 3.8) is 0 Å². The maximum absolute atomic E-state index is 14.9. The Morgan fingerprint density at radius 2 is 1.90 bits per heavy atom. The lowest BCUT2D eigenvalue weighted by molar-refractivity contribution is -0.0598. The average molecular weight is 518 g/mol. The van der Waals surface area contributed by atoms with Crippen LogP contribution in [0.25, 0.3) is 0 Å². The van der Waals surface area contributed by atoms with E-state index in [9.17, 15) is 32.2 Å². The van der Waals surface area contributed by atoms with Crippen molar-refractivity contribution in [3.05, 3.63) is 27.1 Å². The number of phosphoric acid groups is 3. The predicted octanol–water partition coefficient (Wildman–Crippen LogP) is 1.40. The predicted molar refractivity (Wildman–Crippen MR) is 93.7 cm³/mol. The molecule has 0 amide bonds. The summed E-state index contributed by atoms with van der Waals surface area (Å²) in [5, 5.41) is 0. The van der Waals surface area contributed by atoms with Crippen molar-refractivity contribution < 1.29 is 59.9 Å². The molecular weight excluding hydrogens is 503 g/mol. The van der Waals surface area contributed by atoms with E-state index in [1.807, 2.05) is 4.98 Å². The highest BCUT2D eigenvalue weighted by Crippen LogP contribution is 2.66. The minimum Gasteiger partial charge on any atom is -0.349 e. The van der Waals surface area contributed by atoms with Crippen LogP contribution in [0.3, 0.4) is 0 Å². The molecule has 2 rings (SSSR count). The van der Waals surface area contributed by atoms with Gasteiger partial charge in [0.15, 0.2) is 16.7 Å². The van der Waals surface area contributed by atoms with Gasteiger partial charge in [-0.15, -0.1) is 0 Å². The van der Waals surface area contributed by atoms with Crippen LogP contribution >= 0.6 is 35.7 Å². The molecule has 1 aromatic heterocycles. The summed E-state index contributed by atoms with van der Waals surface area (Å²) in [6.45, 7) is 0.131. The van der Waals surface area contributed by atoms with E-state index in [1.165, 1.54) is 0 Å². The smallest absolute Gasteiger partial charge is 0.349 e. The van der Waals surface area contributed by atoms with E-state index in [2.05, 4.69) is 13.1 Å². The highest BCUT2D eigenvalue weighted by Gasteiger charge is 2.48. The number of rotatable bonds is 8. The van der Waals surface area contributed by atoms with Crippen LogP contribution in [0.4, 0.5) is 8.78 Å². The summed E-state index contributed by atoms with van der Waals surface area (Å²) in [6.07, 6.45) is -2.75. The molecule has 3 unspecified atom stereocenters. The molecule has 20 heteroatoms. The Bertz CT molecular complexity index is 1070. The third-order valence-corrected chi connectivity index (χ3v) is 7.60. The van der Waals surface area contributed by atoms with Gasteiger partial charge in [-0.1, -0.05) is 0 Å². The number of nitrogens with one attached hydrogen (secondary N) is 1. The van der Waals surface area contributed by atoms with Gasteiger partial charge < -0.3 is 24.3 Å². The number of hydrogen-bond acceptors (Lipinski definition) is 9. The van der Waals surface area contributed by atoms with Crippen LogP contribution in [0.5, 0.6) is 0 Å². The zero-order chi connectivity index (χ0) is 23.1. The lowest BCUT2D eigenvalue weighted by Crippen LogP contribution is -2.30. The minimum atomic E-state index is -5.71. The molecule has 1 aromatic rings. The van der Waals surface area contributed by atoms with Crippen LogP contribution in [0.2, 0.25) is 0 Å². The molecular formula is C10H15F2N2O12P3S. The van der Waals surface area contributed by atoms with Crippen molar-refractivity contribution in [2.75, 3.05) is 6.61 Å². The Labute approximate surface area is 170 Å². The van der Waals surface area contributed by atoms with E-state index in [4.69, 9.17) is 31.6 Å². The number of ether oxygens (including phenoxy) is 1. The quantitative estimate of drug-likeness (QED) is 0.244. The molecule has 0 spiro atoms. The molecule has 1 aliphatic heterocycles. The van der Waals surface area contributed by atoms with Crippen molar-refractivity contribution in [2.45, 2.75) is 31.3 Å². The Morgan fingerprint density at radius 3 is 2.47 bits per heavy atom. The molecule has 1 fully saturated rings. The highest BCUT2D eigenvalue weighted by molar-refractivity contribution is 7.71. The number of aromatic amines is 1. The highest BCUT2D eigenvalue weighted by atomic mass is 32.1. The van der Waals surface area contributed by atoms with Gasteiger partial charge in [-0.25, -0.2) is 18.1 Å². The Hall–Kier alpha value is -0.670. The third kappa shape index (κ3) is 6.92. The molecule has 14 nitrogen and oxygen atoms in total. The molecule has 30 heavy (non-hydrogen) atoms. The summed E-state index contributed by atoms with van der Waals surface area (Å²) >= 11 is 4.83. The molecule has 0 radical (unpaired) electrons. The van der Waals surface area contributed by atoms with Crippen molar-refractivity contribution >= 4 is 35.7 Å². The minimum absolute atomic E-state index is 0.371. The van der Waals surface area contributed by atoms with Crippen molar-refractivity contribution in [3.8, 4) is 0 Å². The first-order chi connectivity index (χ1) is 13.4. The van der Waals surface area contributed by atoms with E-state index in [0.717, 1.165) is 11.5 Å². The van der Waals surface area contributed by atoms with Crippen LogP contribution < -0.4 is 5.56 Å². The van der Waals surface area contributed by atoms with Crippen LogP contribution in [0.15, 0.2) is 11.0 Å². The first-order valence-corrected chi connectivity index (χ1v) is 12.5. The molecule has 0 aromatic carbocycles. The molecule has 5 N–H and O–H groups in total. The maximum Gasteiger partial charge on any atom is 0.490 e. The number of hydrogen-bond donors (Lipinski definition) is 5. The van der Waals surface area contributed by atoms with Gasteiger partial charge in [-0.3, -0.25) is 18.9 Å². The summed E-state index contributed by atoms with van der Waals surface area (Å²) < 4.78 is 79.1. The largest absolute Gasteiger partial charge is 0.490 e. The molecule has 1 saturated heterocycles. The lowest BCUT2D eigenvalue weighted by atomic mass is 10.0. The van der Waals surface area contributed by atoms with Gasteiger partial charge in [0.25, 0.3) is 5.56 Å². The second kappa shape index (κ2) is 8.70. The van der Waals surface area contributed by atoms with Crippen LogP contribution in [-0.2, 0) is 31.6 Å². The van der Waals surface area contributed by atoms with Crippen molar-refractivity contribution in [1.82, 2.24) is 9.55 Å². The Kier molecular flexibility index (Phi) is 7.42. The fraction of sp³-hybridized carbons (Fsp3) is 0.600. The molecule has 0 aliphatic carbocycles. The standard InChI is InChI=1S/C10H15F2N2O12P3S/c1-10(12)2-5(24-8(10)14-3-6(11)7(15)13-9(14)30)4-23-28(19,20)26-29(21,22)25-27(16,17)18/h3,5,8H,2,4H2,1H3,(H,19,20)(H,21,22)(H,13,15,30)(H2,16,17,18)/t5-,8+,10?/m0/s1. The third-order valence-electron chi connectivity index (χ3n) is 3.48. The maximum atomic E-state index is 14.9. The second-order valence-electron chi connectivity index (χ2n) is 6.12. The van der Waals surface area contributed by atoms with Gasteiger partial charge in [-0.2, -0.15) is 13.0 Å². The van der Waals surface area contributed by atoms with E-state index < -0.39 is 65.9 Å². The summed E-state index contributed by atoms with van der Waals surface area (Å²) in [6, 6.07) is 0. The Morgan fingerprint density at radius 1 is 1.30 bits per heavy atom. The lowest BCUT2D eigenvalue weighted by Gasteiger charge is -2.23. The number of H-pyrrole nitrogens is 1. The summed E-state index contributed by atoms with van der Waals surface area (Å²) in [4.78, 5) is 48.6. The first-order valence-electron chi connectivity index (χ1n) is 7.54. The number of nitrogens with zero attached hydrogens (tertiary/aromatic N) is 1. The number of alkyl halides is 1. The average Bonchev–Trinajstić information content (AvgIpc) is 2.80. The van der Waals surface area contributed by atoms with E-state index in [1.54, 1.807) is 0 Å². The normalized spacial score (nSPS) is 28.8. The van der Waals surface area contributed by atoms with Gasteiger partial charge in [0.2, 0.25) is 5.82 Å². The van der Waals surface area contributed by atoms with Gasteiger partial charge in [0, 0.05) is 6.42 Å². The summed E-state index contributed by atoms with van der Waals surface area (Å²) in [5.41, 5.74) is -3.37. The Balaban J connectivity index is 2.09. The van der Waals surface area contributed by atoms with Crippen LogP contribution in [0.1, 0.15) is 19.6 Å². The van der Waals surface area contributed by atoms with Gasteiger partial charge >= 0.3 is 23.5 Å². The summed E-state index contributed by atoms with van der Waals surface area (Å²) in [7, 11) is -16.7. The number of aromatic nitrogens is 2. The fourth-order valence-electron chi connectivity index (χ4n) is 2.49. The van der Waals surface area contributed by atoms with Crippen molar-refractivity contribution in [2.24, 2.45) is 0 Å². The molecule has 0 bridgehead atoms. The van der Waals surface area contributed by atoms with E-state index in [0.29, 0.717) is 6.20 Å². The van der Waals surface area contributed by atoms with E-state index >= 15 is 0 Å². The molecule has 0 saturated carbocycles. The van der Waals surface area contributed by atoms with Crippen molar-refractivity contribution in [1.29, 1.82) is 0 Å². The molecule has 5 atom stereocenters. The number of halogens is 2. The molecule has 1 aliphatic rings. The fourth-order valence-corrected chi connectivity index (χ4v) is 5.78. The second-order valence-corrected chi connectivity index (χ2v) is 10.9. The summed E-state index contributed by atoms with van der Waals surface area (Å²) in [5.74, 6) is -1.28. The van der Waals surface area contributed by atoms with Crippen LogP contribution in [-0.4, -0.2) is 47.5 Å². The van der Waals surface area contributed by atoms with Crippen LogP contribution in [0, 0.1) is 10.6 Å². The van der Waals surface area contributed by atoms with E-state index in [-0.39, 0.29) is 4.77 Å². The first kappa shape index (κ1) is 25.6.